The van der Waals surface area contributed by atoms with Gasteiger partial charge in [-0.2, -0.15) is 5.10 Å². The van der Waals surface area contributed by atoms with Crippen molar-refractivity contribution in [1.82, 2.24) is 14.8 Å². The Morgan fingerprint density at radius 2 is 2.07 bits per heavy atom. The van der Waals surface area contributed by atoms with Crippen molar-refractivity contribution in [2.45, 2.75) is 65.5 Å². The topological polar surface area (TPSA) is 51.0 Å². The van der Waals surface area contributed by atoms with Gasteiger partial charge in [0.1, 0.15) is 11.0 Å². The van der Waals surface area contributed by atoms with Crippen LogP contribution >= 0.6 is 11.6 Å². The molecule has 27 heavy (non-hydrogen) atoms. The number of aromatic nitrogens is 3. The average molecular weight is 387 g/mol. The van der Waals surface area contributed by atoms with Gasteiger partial charge in [0.15, 0.2) is 5.78 Å². The molecule has 3 heterocycles. The second kappa shape index (κ2) is 7.27. The molecule has 1 saturated heterocycles. The lowest BCUT2D eigenvalue weighted by molar-refractivity contribution is 0.0971. The summed E-state index contributed by atoms with van der Waals surface area (Å²) in [6, 6.07) is 4.16. The Bertz CT molecular complexity index is 873. The summed E-state index contributed by atoms with van der Waals surface area (Å²) in [5, 5.41) is 5.45. The first-order valence-corrected chi connectivity index (χ1v) is 10.4. The van der Waals surface area contributed by atoms with E-state index in [1.54, 1.807) is 0 Å². The Kier molecular flexibility index (Phi) is 4.97. The Hall–Kier alpha value is -1.88. The largest absolute Gasteiger partial charge is 0.349 e. The fourth-order valence-electron chi connectivity index (χ4n) is 4.40. The van der Waals surface area contributed by atoms with Crippen LogP contribution in [0.25, 0.3) is 0 Å². The molecule has 0 N–H and O–H groups in total. The molecule has 1 aliphatic carbocycles. The molecule has 144 valence electrons. The Labute approximate surface area is 165 Å². The molecule has 1 unspecified atom stereocenters. The molecule has 1 aliphatic heterocycles. The summed E-state index contributed by atoms with van der Waals surface area (Å²) in [6.45, 7) is 8.18. The SMILES string of the molecule is Cc1nn(CC(C)C)c(Cl)c1C1CCCN1c1ccc2c(n1)CCCC2=O. The number of nitrogens with zero attached hydrogens (tertiary/aromatic N) is 4. The van der Waals surface area contributed by atoms with Crippen molar-refractivity contribution >= 4 is 23.2 Å². The van der Waals surface area contributed by atoms with Crippen LogP contribution in [-0.2, 0) is 13.0 Å². The van der Waals surface area contributed by atoms with Gasteiger partial charge in [-0.05, 0) is 50.7 Å². The van der Waals surface area contributed by atoms with E-state index in [4.69, 9.17) is 21.7 Å². The molecule has 0 spiro atoms. The van der Waals surface area contributed by atoms with Crippen LogP contribution in [0.15, 0.2) is 12.1 Å². The van der Waals surface area contributed by atoms with Gasteiger partial charge in [0.05, 0.1) is 17.4 Å². The normalized spacial score (nSPS) is 19.8. The van der Waals surface area contributed by atoms with Crippen LogP contribution in [0.2, 0.25) is 5.15 Å². The Balaban J connectivity index is 1.68. The number of carbonyl (C=O) groups is 1. The van der Waals surface area contributed by atoms with E-state index in [9.17, 15) is 4.79 Å². The van der Waals surface area contributed by atoms with Crippen molar-refractivity contribution in [3.05, 3.63) is 39.8 Å². The van der Waals surface area contributed by atoms with Gasteiger partial charge in [0.25, 0.3) is 0 Å². The number of pyridine rings is 1. The van der Waals surface area contributed by atoms with Crippen LogP contribution in [0, 0.1) is 12.8 Å². The number of halogens is 1. The van der Waals surface area contributed by atoms with Gasteiger partial charge in [-0.25, -0.2) is 4.98 Å². The molecule has 5 nitrogen and oxygen atoms in total. The van der Waals surface area contributed by atoms with E-state index >= 15 is 0 Å². The number of fused-ring (bicyclic) bond motifs is 1. The summed E-state index contributed by atoms with van der Waals surface area (Å²) >= 11 is 6.75. The molecule has 0 aromatic carbocycles. The smallest absolute Gasteiger partial charge is 0.164 e. The minimum Gasteiger partial charge on any atom is -0.349 e. The quantitative estimate of drug-likeness (QED) is 0.760. The van der Waals surface area contributed by atoms with Crippen LogP contribution in [0.3, 0.4) is 0 Å². The minimum atomic E-state index is 0.197. The molecule has 4 rings (SSSR count). The third-order valence-electron chi connectivity index (χ3n) is 5.61. The minimum absolute atomic E-state index is 0.197. The van der Waals surface area contributed by atoms with Gasteiger partial charge in [-0.1, -0.05) is 25.4 Å². The predicted molar refractivity (Wildman–Crippen MR) is 108 cm³/mol. The summed E-state index contributed by atoms with van der Waals surface area (Å²) < 4.78 is 1.94. The standard InChI is InChI=1S/C21H27ClN4O/c1-13(2)12-26-21(22)20(14(3)24-26)17-7-5-11-25(17)19-10-9-15-16(23-19)6-4-8-18(15)27/h9-10,13,17H,4-8,11-12H2,1-3H3. The number of hydrogen-bond acceptors (Lipinski definition) is 4. The van der Waals surface area contributed by atoms with Crippen LogP contribution in [0.1, 0.15) is 72.9 Å². The average Bonchev–Trinajstić information content (AvgIpc) is 3.19. The van der Waals surface area contributed by atoms with E-state index in [1.165, 1.54) is 0 Å². The van der Waals surface area contributed by atoms with Crippen LogP contribution in [-0.4, -0.2) is 27.1 Å². The van der Waals surface area contributed by atoms with E-state index in [-0.39, 0.29) is 11.8 Å². The first-order valence-electron chi connectivity index (χ1n) is 9.98. The first-order chi connectivity index (χ1) is 13.0. The third-order valence-corrected chi connectivity index (χ3v) is 6.00. The number of Topliss-reactive ketones (excluding diaryl/α,β-unsaturated/α-hetero) is 1. The lowest BCUT2D eigenvalue weighted by Gasteiger charge is -2.27. The highest BCUT2D eigenvalue weighted by Gasteiger charge is 2.33. The van der Waals surface area contributed by atoms with Crippen molar-refractivity contribution in [2.75, 3.05) is 11.4 Å². The maximum Gasteiger partial charge on any atom is 0.164 e. The molecular weight excluding hydrogens is 360 g/mol. The zero-order chi connectivity index (χ0) is 19.1. The van der Waals surface area contributed by atoms with Crippen LogP contribution < -0.4 is 4.90 Å². The first kappa shape index (κ1) is 18.5. The van der Waals surface area contributed by atoms with Crippen molar-refractivity contribution in [3.8, 4) is 0 Å². The number of carbonyl (C=O) groups excluding carboxylic acids is 1. The van der Waals surface area contributed by atoms with Crippen molar-refractivity contribution in [3.63, 3.8) is 0 Å². The molecule has 1 atom stereocenters. The molecule has 6 heteroatoms. The number of hydrogen-bond donors (Lipinski definition) is 0. The maximum atomic E-state index is 12.1. The molecular formula is C21H27ClN4O. The second-order valence-electron chi connectivity index (χ2n) is 8.16. The molecule has 0 saturated carbocycles. The summed E-state index contributed by atoms with van der Waals surface area (Å²) in [5.41, 5.74) is 3.89. The molecule has 0 radical (unpaired) electrons. The highest BCUT2D eigenvalue weighted by atomic mass is 35.5. The van der Waals surface area contributed by atoms with Crippen molar-refractivity contribution < 1.29 is 4.79 Å². The predicted octanol–water partition coefficient (Wildman–Crippen LogP) is 4.76. The van der Waals surface area contributed by atoms with Gasteiger partial charge >= 0.3 is 0 Å². The molecule has 2 aromatic rings. The number of anilines is 1. The molecule has 0 bridgehead atoms. The number of ketones is 1. The van der Waals surface area contributed by atoms with E-state index in [0.29, 0.717) is 12.3 Å². The fraction of sp³-hybridized carbons (Fsp3) is 0.571. The summed E-state index contributed by atoms with van der Waals surface area (Å²) in [4.78, 5) is 19.3. The van der Waals surface area contributed by atoms with Crippen LogP contribution in [0.5, 0.6) is 0 Å². The number of rotatable bonds is 4. The highest BCUT2D eigenvalue weighted by Crippen LogP contribution is 2.40. The Morgan fingerprint density at radius 3 is 2.85 bits per heavy atom. The fourth-order valence-corrected chi connectivity index (χ4v) is 4.77. The maximum absolute atomic E-state index is 12.1. The van der Waals surface area contributed by atoms with E-state index in [0.717, 1.165) is 72.3 Å². The van der Waals surface area contributed by atoms with Gasteiger partial charge in [-0.15, -0.1) is 0 Å². The zero-order valence-electron chi connectivity index (χ0n) is 16.3. The second-order valence-corrected chi connectivity index (χ2v) is 8.52. The summed E-state index contributed by atoms with van der Waals surface area (Å²) in [7, 11) is 0. The van der Waals surface area contributed by atoms with Crippen molar-refractivity contribution in [2.24, 2.45) is 5.92 Å². The van der Waals surface area contributed by atoms with E-state index in [1.807, 2.05) is 23.7 Å². The van der Waals surface area contributed by atoms with Gasteiger partial charge in [-0.3, -0.25) is 9.48 Å². The highest BCUT2D eigenvalue weighted by molar-refractivity contribution is 6.30. The lowest BCUT2D eigenvalue weighted by atomic mass is 9.95. The molecule has 1 fully saturated rings. The van der Waals surface area contributed by atoms with Crippen molar-refractivity contribution in [1.29, 1.82) is 0 Å². The lowest BCUT2D eigenvalue weighted by Crippen LogP contribution is -2.25. The molecule has 0 amide bonds. The van der Waals surface area contributed by atoms with Gasteiger partial charge < -0.3 is 4.90 Å². The third kappa shape index (κ3) is 3.38. The number of aryl methyl sites for hydroxylation is 2. The van der Waals surface area contributed by atoms with E-state index < -0.39 is 0 Å². The summed E-state index contributed by atoms with van der Waals surface area (Å²) in [6.07, 6.45) is 4.58. The van der Waals surface area contributed by atoms with Gasteiger partial charge in [0.2, 0.25) is 0 Å². The summed E-state index contributed by atoms with van der Waals surface area (Å²) in [5.74, 6) is 1.68. The molecule has 2 aromatic heterocycles. The van der Waals surface area contributed by atoms with E-state index in [2.05, 4.69) is 18.7 Å². The molecule has 2 aliphatic rings. The van der Waals surface area contributed by atoms with Crippen LogP contribution in [0.4, 0.5) is 5.82 Å². The Morgan fingerprint density at radius 1 is 1.26 bits per heavy atom. The monoisotopic (exact) mass is 386 g/mol. The van der Waals surface area contributed by atoms with Gasteiger partial charge in [0, 0.05) is 30.6 Å². The zero-order valence-corrected chi connectivity index (χ0v) is 17.1.